The number of benzene rings is 1. The molecule has 24 heavy (non-hydrogen) atoms. The minimum Gasteiger partial charge on any atom is -0.453 e. The van der Waals surface area contributed by atoms with Crippen LogP contribution in [0.15, 0.2) is 45.7 Å². The summed E-state index contributed by atoms with van der Waals surface area (Å²) in [5.41, 5.74) is 0.835. The van der Waals surface area contributed by atoms with Gasteiger partial charge in [0.1, 0.15) is 12.4 Å². The lowest BCUT2D eigenvalue weighted by atomic mass is 10.0. The van der Waals surface area contributed by atoms with Crippen molar-refractivity contribution in [2.24, 2.45) is 0 Å². The van der Waals surface area contributed by atoms with E-state index in [2.05, 4.69) is 5.32 Å². The van der Waals surface area contributed by atoms with Crippen LogP contribution < -0.4 is 5.32 Å². The molecule has 1 amide bonds. The fourth-order valence-corrected chi connectivity index (χ4v) is 2.95. The van der Waals surface area contributed by atoms with E-state index >= 15 is 0 Å². The molecule has 1 atom stereocenters. The minimum absolute atomic E-state index is 0.216. The maximum atomic E-state index is 12.3. The van der Waals surface area contributed by atoms with Gasteiger partial charge in [0.05, 0.1) is 10.9 Å². The zero-order chi connectivity index (χ0) is 17.7. The lowest BCUT2D eigenvalue weighted by molar-refractivity contribution is 0.0899. The Kier molecular flexibility index (Phi) is 5.80. The van der Waals surface area contributed by atoms with Gasteiger partial charge in [0.2, 0.25) is 0 Å². The highest BCUT2D eigenvalue weighted by atomic mass is 32.2. The number of hydrogen-bond acceptors (Lipinski definition) is 5. The van der Waals surface area contributed by atoms with Crippen molar-refractivity contribution in [3.05, 3.63) is 53.5 Å². The van der Waals surface area contributed by atoms with Crippen molar-refractivity contribution in [3.8, 4) is 0 Å². The van der Waals surface area contributed by atoms with Gasteiger partial charge in [-0.1, -0.05) is 19.1 Å². The molecule has 0 saturated heterocycles. The first-order valence-electron chi connectivity index (χ1n) is 7.53. The van der Waals surface area contributed by atoms with E-state index in [1.165, 1.54) is 0 Å². The third-order valence-electron chi connectivity index (χ3n) is 3.60. The minimum atomic E-state index is -3.23. The monoisotopic (exact) mass is 351 g/mol. The Balaban J connectivity index is 2.12. The van der Waals surface area contributed by atoms with Gasteiger partial charge in [-0.2, -0.15) is 0 Å². The molecule has 0 fully saturated rings. The maximum absolute atomic E-state index is 12.3. The van der Waals surface area contributed by atoms with E-state index in [-0.39, 0.29) is 22.6 Å². The number of ether oxygens (including phenoxy) is 1. The van der Waals surface area contributed by atoms with Crippen molar-refractivity contribution in [2.45, 2.75) is 30.9 Å². The smallest absolute Gasteiger partial charge is 0.287 e. The molecule has 6 nitrogen and oxygen atoms in total. The Morgan fingerprint density at radius 2 is 1.88 bits per heavy atom. The number of carbonyl (C=O) groups is 1. The second-order valence-corrected chi connectivity index (χ2v) is 7.49. The van der Waals surface area contributed by atoms with Gasteiger partial charge < -0.3 is 14.5 Å². The van der Waals surface area contributed by atoms with Crippen LogP contribution >= 0.6 is 0 Å². The number of nitrogens with one attached hydrogen (secondary N) is 1. The van der Waals surface area contributed by atoms with Crippen LogP contribution in [-0.2, 0) is 21.2 Å². The fraction of sp³-hybridized carbons (Fsp3) is 0.353. The topological polar surface area (TPSA) is 85.6 Å². The maximum Gasteiger partial charge on any atom is 0.287 e. The quantitative estimate of drug-likeness (QED) is 0.829. The second kappa shape index (κ2) is 7.63. The van der Waals surface area contributed by atoms with Gasteiger partial charge in [-0.3, -0.25) is 4.79 Å². The Morgan fingerprint density at radius 1 is 1.21 bits per heavy atom. The van der Waals surface area contributed by atoms with E-state index in [1.807, 2.05) is 6.92 Å². The molecule has 2 rings (SSSR count). The summed E-state index contributed by atoms with van der Waals surface area (Å²) >= 11 is 0. The van der Waals surface area contributed by atoms with Crippen molar-refractivity contribution < 1.29 is 22.4 Å². The first kappa shape index (κ1) is 18.2. The Bertz CT molecular complexity index is 793. The fourth-order valence-electron chi connectivity index (χ4n) is 2.32. The molecule has 0 radical (unpaired) electrons. The molecular weight excluding hydrogens is 330 g/mol. The van der Waals surface area contributed by atoms with Gasteiger partial charge in [0.25, 0.3) is 5.91 Å². The highest BCUT2D eigenvalue weighted by Crippen LogP contribution is 2.20. The summed E-state index contributed by atoms with van der Waals surface area (Å²) in [5, 5.41) is 2.89. The van der Waals surface area contributed by atoms with Crippen LogP contribution in [-0.4, -0.2) is 27.7 Å². The molecule has 1 heterocycles. The summed E-state index contributed by atoms with van der Waals surface area (Å²) < 4.78 is 33.4. The van der Waals surface area contributed by atoms with E-state index in [0.29, 0.717) is 18.8 Å². The van der Waals surface area contributed by atoms with Crippen molar-refractivity contribution >= 4 is 15.7 Å². The molecule has 0 unspecified atom stereocenters. The van der Waals surface area contributed by atoms with E-state index in [4.69, 9.17) is 9.15 Å². The molecule has 7 heteroatoms. The van der Waals surface area contributed by atoms with Crippen LogP contribution in [0.1, 0.15) is 41.3 Å². The molecule has 0 aliphatic carbocycles. The lowest BCUT2D eigenvalue weighted by Crippen LogP contribution is -2.27. The van der Waals surface area contributed by atoms with Crippen LogP contribution in [0.25, 0.3) is 0 Å². The highest BCUT2D eigenvalue weighted by molar-refractivity contribution is 7.90. The summed E-state index contributed by atoms with van der Waals surface area (Å²) in [6.45, 7) is 2.24. The molecule has 0 aliphatic rings. The van der Waals surface area contributed by atoms with Gasteiger partial charge in [-0.15, -0.1) is 0 Å². The number of rotatable bonds is 7. The van der Waals surface area contributed by atoms with Gasteiger partial charge >= 0.3 is 0 Å². The molecule has 0 aliphatic heterocycles. The molecule has 2 aromatic rings. The molecule has 130 valence electrons. The van der Waals surface area contributed by atoms with Crippen LogP contribution in [0.4, 0.5) is 0 Å². The van der Waals surface area contributed by atoms with Crippen LogP contribution in [0.3, 0.4) is 0 Å². The number of furan rings is 1. The number of amides is 1. The molecule has 1 N–H and O–H groups in total. The van der Waals surface area contributed by atoms with E-state index in [9.17, 15) is 13.2 Å². The summed E-state index contributed by atoms with van der Waals surface area (Å²) in [4.78, 5) is 12.5. The largest absolute Gasteiger partial charge is 0.453 e. The predicted octanol–water partition coefficient (Wildman–Crippen LogP) is 2.71. The average Bonchev–Trinajstić information content (AvgIpc) is 3.01. The van der Waals surface area contributed by atoms with Crippen LogP contribution in [0, 0.1) is 0 Å². The van der Waals surface area contributed by atoms with Crippen molar-refractivity contribution in [1.82, 2.24) is 5.32 Å². The second-order valence-electron chi connectivity index (χ2n) is 5.47. The molecule has 0 bridgehead atoms. The van der Waals surface area contributed by atoms with Gasteiger partial charge in [-0.05, 0) is 36.2 Å². The summed E-state index contributed by atoms with van der Waals surface area (Å²) in [7, 11) is -1.68. The van der Waals surface area contributed by atoms with Gasteiger partial charge in [0, 0.05) is 13.4 Å². The standard InChI is InChI=1S/C17H21NO5S/c1-4-15(12-5-8-14(9-6-12)24(3,20)21)18-17(19)16-10-7-13(23-16)11-22-2/h5-10,15H,4,11H2,1-3H3,(H,18,19)/t15-/m0/s1. The average molecular weight is 351 g/mol. The van der Waals surface area contributed by atoms with Crippen molar-refractivity contribution in [1.29, 1.82) is 0 Å². The normalized spacial score (nSPS) is 12.8. The third kappa shape index (κ3) is 4.46. The Morgan fingerprint density at radius 3 is 2.42 bits per heavy atom. The molecule has 0 saturated carbocycles. The Labute approximate surface area is 141 Å². The van der Waals surface area contributed by atoms with Crippen molar-refractivity contribution in [2.75, 3.05) is 13.4 Å². The highest BCUT2D eigenvalue weighted by Gasteiger charge is 2.17. The number of sulfone groups is 1. The first-order valence-corrected chi connectivity index (χ1v) is 9.42. The zero-order valence-electron chi connectivity index (χ0n) is 13.9. The van der Waals surface area contributed by atoms with E-state index in [1.54, 1.807) is 43.5 Å². The number of methoxy groups -OCH3 is 1. The van der Waals surface area contributed by atoms with Crippen molar-refractivity contribution in [3.63, 3.8) is 0 Å². The Hall–Kier alpha value is -2.12. The molecule has 0 spiro atoms. The summed E-state index contributed by atoms with van der Waals surface area (Å²) in [5.74, 6) is 0.470. The SMILES string of the molecule is CC[C@H](NC(=O)c1ccc(COC)o1)c1ccc(S(C)(=O)=O)cc1. The number of carbonyl (C=O) groups excluding carboxylic acids is 1. The van der Waals surface area contributed by atoms with Gasteiger partial charge in [0.15, 0.2) is 15.6 Å². The van der Waals surface area contributed by atoms with E-state index < -0.39 is 9.84 Å². The van der Waals surface area contributed by atoms with Gasteiger partial charge in [-0.25, -0.2) is 8.42 Å². The van der Waals surface area contributed by atoms with Crippen LogP contribution in [0.2, 0.25) is 0 Å². The zero-order valence-corrected chi connectivity index (χ0v) is 14.7. The first-order chi connectivity index (χ1) is 11.3. The van der Waals surface area contributed by atoms with Crippen LogP contribution in [0.5, 0.6) is 0 Å². The molecular formula is C17H21NO5S. The summed E-state index contributed by atoms with van der Waals surface area (Å²) in [6, 6.07) is 9.57. The number of hydrogen-bond donors (Lipinski definition) is 1. The predicted molar refractivity (Wildman–Crippen MR) is 89.5 cm³/mol. The lowest BCUT2D eigenvalue weighted by Gasteiger charge is -2.17. The van der Waals surface area contributed by atoms with E-state index in [0.717, 1.165) is 11.8 Å². The molecule has 1 aromatic carbocycles. The molecule has 1 aromatic heterocycles. The third-order valence-corrected chi connectivity index (χ3v) is 4.72. The summed E-state index contributed by atoms with van der Waals surface area (Å²) in [6.07, 6.45) is 1.82.